The van der Waals surface area contributed by atoms with Crippen LogP contribution >= 0.6 is 0 Å². The molecule has 3 heterocycles. The molecule has 0 saturated carbocycles. The lowest BCUT2D eigenvalue weighted by atomic mass is 10.0. The summed E-state index contributed by atoms with van der Waals surface area (Å²) < 4.78 is 19.4. The molecule has 0 radical (unpaired) electrons. The Morgan fingerprint density at radius 1 is 0.944 bits per heavy atom. The Bertz CT molecular complexity index is 1340. The van der Waals surface area contributed by atoms with Crippen LogP contribution in [0.25, 0.3) is 11.1 Å². The molecule has 4 aromatic rings. The van der Waals surface area contributed by atoms with E-state index in [4.69, 9.17) is 4.74 Å². The lowest BCUT2D eigenvalue weighted by molar-refractivity contribution is 0.122. The van der Waals surface area contributed by atoms with Crippen molar-refractivity contribution in [2.45, 2.75) is 6.54 Å². The number of para-hydroxylation sites is 1. The number of morpholine rings is 1. The highest BCUT2D eigenvalue weighted by Crippen LogP contribution is 2.30. The van der Waals surface area contributed by atoms with Crippen molar-refractivity contribution < 1.29 is 14.2 Å². The van der Waals surface area contributed by atoms with Gasteiger partial charge in [0.2, 0.25) is 0 Å². The minimum atomic E-state index is -0.492. The van der Waals surface area contributed by atoms with Crippen LogP contribution in [0.1, 0.15) is 5.69 Å². The van der Waals surface area contributed by atoms with Gasteiger partial charge in [-0.1, -0.05) is 30.3 Å². The van der Waals surface area contributed by atoms with E-state index in [9.17, 15) is 9.50 Å². The second-order valence-electron chi connectivity index (χ2n) is 8.10. The summed E-state index contributed by atoms with van der Waals surface area (Å²) in [6.07, 6.45) is 2.83. The molecule has 182 valence electrons. The minimum absolute atomic E-state index is 0.100. The third-order valence-electron chi connectivity index (χ3n) is 5.63. The van der Waals surface area contributed by atoms with Gasteiger partial charge in [0.1, 0.15) is 12.3 Å². The van der Waals surface area contributed by atoms with Gasteiger partial charge in [-0.05, 0) is 35.9 Å². The second kappa shape index (κ2) is 10.9. The quantitative estimate of drug-likeness (QED) is 0.344. The number of pyridine rings is 1. The molecule has 0 bridgehead atoms. The molecule has 0 aliphatic carbocycles. The van der Waals surface area contributed by atoms with E-state index in [1.54, 1.807) is 18.3 Å². The van der Waals surface area contributed by atoms with Gasteiger partial charge in [0, 0.05) is 24.3 Å². The summed E-state index contributed by atoms with van der Waals surface area (Å²) in [5, 5.41) is 21.5. The van der Waals surface area contributed by atoms with Crippen LogP contribution in [0.15, 0.2) is 83.3 Å². The Morgan fingerprint density at radius 3 is 2.47 bits per heavy atom. The molecular weight excluding hydrogens is 461 g/mol. The number of phenols is 1. The summed E-state index contributed by atoms with van der Waals surface area (Å²) in [6.45, 7) is 2.43. The number of nitrogens with one attached hydrogen (secondary N) is 1. The minimum Gasteiger partial charge on any atom is -0.507 e. The smallest absolute Gasteiger partial charge is 0.270 e. The number of rotatable bonds is 7. The van der Waals surface area contributed by atoms with Gasteiger partial charge in [0.05, 0.1) is 37.0 Å². The molecule has 0 spiro atoms. The molecule has 5 rings (SSSR count). The number of ether oxygens (including phenoxy) is 1. The van der Waals surface area contributed by atoms with E-state index in [0.29, 0.717) is 26.3 Å². The highest BCUT2D eigenvalue weighted by molar-refractivity contribution is 5.72. The molecule has 1 aliphatic heterocycles. The van der Waals surface area contributed by atoms with Crippen LogP contribution < -0.4 is 10.2 Å². The van der Waals surface area contributed by atoms with Gasteiger partial charge in [-0.3, -0.25) is 4.98 Å². The van der Waals surface area contributed by atoms with E-state index < -0.39 is 5.82 Å². The molecule has 1 fully saturated rings. The van der Waals surface area contributed by atoms with Gasteiger partial charge in [-0.15, -0.1) is 5.11 Å². The molecule has 0 amide bonds. The highest BCUT2D eigenvalue weighted by atomic mass is 19.1. The van der Waals surface area contributed by atoms with E-state index in [1.807, 2.05) is 53.4 Å². The number of aromatic hydroxyl groups is 1. The first-order valence-electron chi connectivity index (χ1n) is 11.5. The standard InChI is InChI=1S/C26H24FN7O2/c27-23-17-29-26(32-25(23)34-11-13-36-14-12-34)33-30-16-20-9-10-21(15-28-20)31-19-7-5-18(6-8-19)22-3-1-2-4-24(22)35/h1-10,15,17,31,35H,11-14,16H2. The number of hydrogen-bond acceptors (Lipinski definition) is 9. The number of hydrogen-bond donors (Lipinski definition) is 2. The lowest BCUT2D eigenvalue weighted by Crippen LogP contribution is -2.37. The SMILES string of the molecule is Oc1ccccc1-c1ccc(Nc2ccc(CN=Nc3ncc(F)c(N4CCOCC4)n3)nc2)cc1. The first kappa shape index (κ1) is 23.3. The van der Waals surface area contributed by atoms with Crippen molar-refractivity contribution in [3.8, 4) is 16.9 Å². The van der Waals surface area contributed by atoms with Crippen LogP contribution in [-0.2, 0) is 11.3 Å². The summed E-state index contributed by atoms with van der Waals surface area (Å²) in [5.41, 5.74) is 4.15. The third kappa shape index (κ3) is 5.61. The number of phenolic OH excluding ortho intramolecular Hbond substituents is 1. The predicted octanol–water partition coefficient (Wildman–Crippen LogP) is 5.25. The van der Waals surface area contributed by atoms with E-state index in [-0.39, 0.29) is 24.1 Å². The summed E-state index contributed by atoms with van der Waals surface area (Å²) in [7, 11) is 0. The zero-order chi connectivity index (χ0) is 24.7. The van der Waals surface area contributed by atoms with Gasteiger partial charge in [0.25, 0.3) is 5.95 Å². The molecule has 1 aliphatic rings. The van der Waals surface area contributed by atoms with Crippen LogP contribution in [0.4, 0.5) is 27.5 Å². The fourth-order valence-corrected chi connectivity index (χ4v) is 3.77. The zero-order valence-electron chi connectivity index (χ0n) is 19.4. The molecule has 2 aromatic carbocycles. The third-order valence-corrected chi connectivity index (χ3v) is 5.63. The number of nitrogens with zero attached hydrogens (tertiary/aromatic N) is 6. The normalized spacial score (nSPS) is 13.8. The maximum absolute atomic E-state index is 14.1. The second-order valence-corrected chi connectivity index (χ2v) is 8.10. The van der Waals surface area contributed by atoms with Crippen molar-refractivity contribution in [1.82, 2.24) is 15.0 Å². The Balaban J connectivity index is 1.18. The first-order valence-corrected chi connectivity index (χ1v) is 11.5. The Hall–Kier alpha value is -4.44. The number of aromatic nitrogens is 3. The van der Waals surface area contributed by atoms with Crippen molar-refractivity contribution in [1.29, 1.82) is 0 Å². The van der Waals surface area contributed by atoms with Crippen LogP contribution in [0, 0.1) is 5.82 Å². The van der Waals surface area contributed by atoms with Crippen molar-refractivity contribution >= 4 is 23.1 Å². The molecule has 0 unspecified atom stereocenters. The molecule has 2 aromatic heterocycles. The van der Waals surface area contributed by atoms with E-state index in [2.05, 4.69) is 30.5 Å². The largest absolute Gasteiger partial charge is 0.507 e. The van der Waals surface area contributed by atoms with Crippen LogP contribution in [0.2, 0.25) is 0 Å². The predicted molar refractivity (Wildman–Crippen MR) is 134 cm³/mol. The van der Waals surface area contributed by atoms with Gasteiger partial charge >= 0.3 is 0 Å². The molecule has 1 saturated heterocycles. The van der Waals surface area contributed by atoms with Crippen LogP contribution in [-0.4, -0.2) is 46.4 Å². The molecule has 9 nitrogen and oxygen atoms in total. The zero-order valence-corrected chi connectivity index (χ0v) is 19.4. The van der Waals surface area contributed by atoms with Gasteiger partial charge in [-0.2, -0.15) is 10.1 Å². The van der Waals surface area contributed by atoms with Crippen molar-refractivity contribution in [3.63, 3.8) is 0 Å². The Labute approximate surface area is 207 Å². The van der Waals surface area contributed by atoms with Gasteiger partial charge < -0.3 is 20.1 Å². The Morgan fingerprint density at radius 2 is 1.72 bits per heavy atom. The van der Waals surface area contributed by atoms with Crippen molar-refractivity contribution in [3.05, 3.63) is 84.6 Å². The summed E-state index contributed by atoms with van der Waals surface area (Å²) in [6, 6.07) is 18.8. The van der Waals surface area contributed by atoms with E-state index in [1.165, 1.54) is 0 Å². The molecule has 0 atom stereocenters. The summed E-state index contributed by atoms with van der Waals surface area (Å²) in [5.74, 6) is 0.0694. The fraction of sp³-hybridized carbons (Fsp3) is 0.192. The average molecular weight is 486 g/mol. The monoisotopic (exact) mass is 485 g/mol. The maximum Gasteiger partial charge on any atom is 0.270 e. The number of anilines is 3. The summed E-state index contributed by atoms with van der Waals surface area (Å²) >= 11 is 0. The lowest BCUT2D eigenvalue weighted by Gasteiger charge is -2.27. The number of halogens is 1. The first-order chi connectivity index (χ1) is 17.7. The van der Waals surface area contributed by atoms with Crippen molar-refractivity contribution in [2.24, 2.45) is 10.2 Å². The van der Waals surface area contributed by atoms with Gasteiger partial charge in [-0.25, -0.2) is 9.37 Å². The average Bonchev–Trinajstić information content (AvgIpc) is 2.92. The van der Waals surface area contributed by atoms with Crippen LogP contribution in [0.3, 0.4) is 0 Å². The molecule has 2 N–H and O–H groups in total. The topological polar surface area (TPSA) is 108 Å². The van der Waals surface area contributed by atoms with Gasteiger partial charge in [0.15, 0.2) is 11.6 Å². The van der Waals surface area contributed by atoms with Crippen molar-refractivity contribution in [2.75, 3.05) is 36.5 Å². The molecular formula is C26H24FN7O2. The van der Waals surface area contributed by atoms with E-state index >= 15 is 0 Å². The molecule has 10 heteroatoms. The maximum atomic E-state index is 14.1. The number of benzene rings is 2. The highest BCUT2D eigenvalue weighted by Gasteiger charge is 2.17. The fourth-order valence-electron chi connectivity index (χ4n) is 3.77. The summed E-state index contributed by atoms with van der Waals surface area (Å²) in [4.78, 5) is 14.3. The van der Waals surface area contributed by atoms with Crippen LogP contribution in [0.5, 0.6) is 5.75 Å². The Kier molecular flexibility index (Phi) is 7.04. The molecule has 36 heavy (non-hydrogen) atoms. The van der Waals surface area contributed by atoms with E-state index in [0.717, 1.165) is 34.4 Å². The number of azo groups is 1.